The summed E-state index contributed by atoms with van der Waals surface area (Å²) in [5, 5.41) is 8.44. The van der Waals surface area contributed by atoms with Crippen molar-refractivity contribution in [3.8, 4) is 28.1 Å². The quantitative estimate of drug-likeness (QED) is 0.118. The first-order valence-electron chi connectivity index (χ1n) is 15.6. The van der Waals surface area contributed by atoms with Crippen molar-refractivity contribution in [1.29, 1.82) is 0 Å². The average molecular weight is 769 g/mol. The van der Waals surface area contributed by atoms with Crippen LogP contribution in [0.2, 0.25) is 10.0 Å². The number of nitrogens with one attached hydrogen (secondary N) is 1. The number of benzene rings is 2. The van der Waals surface area contributed by atoms with Crippen LogP contribution >= 0.6 is 34.5 Å². The molecule has 17 heteroatoms. The molecule has 1 unspecified atom stereocenters. The fourth-order valence-corrected chi connectivity index (χ4v) is 7.74. The number of hydrogen-bond acceptors (Lipinski definition) is 7. The smallest absolute Gasteiger partial charge is 0.416 e. The highest BCUT2D eigenvalue weighted by Gasteiger charge is 2.33. The number of alkyl halides is 4. The maximum atomic E-state index is 14.3. The lowest BCUT2D eigenvalue weighted by molar-refractivity contribution is -0.137. The second kappa shape index (κ2) is 15.5. The van der Waals surface area contributed by atoms with Crippen molar-refractivity contribution in [3.05, 3.63) is 91.9 Å². The summed E-state index contributed by atoms with van der Waals surface area (Å²) in [6.45, 7) is 0.923. The van der Waals surface area contributed by atoms with Gasteiger partial charge in [0.25, 0.3) is 5.91 Å². The molecule has 2 aromatic carbocycles. The Bertz CT molecular complexity index is 1950. The van der Waals surface area contributed by atoms with E-state index < -0.39 is 35.1 Å². The van der Waals surface area contributed by atoms with E-state index in [-0.39, 0.29) is 42.3 Å². The van der Waals surface area contributed by atoms with E-state index in [1.54, 1.807) is 29.3 Å². The Morgan fingerprint density at radius 3 is 2.44 bits per heavy atom. The molecule has 2 aliphatic heterocycles. The van der Waals surface area contributed by atoms with Gasteiger partial charge in [-0.2, -0.15) is 22.7 Å². The summed E-state index contributed by atoms with van der Waals surface area (Å²) in [5.41, 5.74) is 3.37. The molecule has 0 aliphatic carbocycles. The lowest BCUT2D eigenvalue weighted by Gasteiger charge is -2.32. The summed E-state index contributed by atoms with van der Waals surface area (Å²) in [4.78, 5) is 15.0. The van der Waals surface area contributed by atoms with Crippen LogP contribution in [0.4, 0.5) is 17.6 Å². The van der Waals surface area contributed by atoms with Crippen molar-refractivity contribution in [3.63, 3.8) is 0 Å². The van der Waals surface area contributed by atoms with Crippen molar-refractivity contribution in [2.24, 2.45) is 0 Å². The zero-order valence-electron chi connectivity index (χ0n) is 26.2. The van der Waals surface area contributed by atoms with Crippen LogP contribution < -0.4 is 5.43 Å². The van der Waals surface area contributed by atoms with Gasteiger partial charge in [-0.05, 0) is 73.9 Å². The molecule has 2 aliphatic rings. The molecule has 2 atom stereocenters. The summed E-state index contributed by atoms with van der Waals surface area (Å²) in [6.07, 6.45) is -2.73. The predicted octanol–water partition coefficient (Wildman–Crippen LogP) is 7.01. The molecule has 2 saturated heterocycles. The minimum Gasteiger partial charge on any atom is -0.759 e. The Balaban J connectivity index is 1.46. The van der Waals surface area contributed by atoms with Crippen molar-refractivity contribution in [2.75, 3.05) is 26.2 Å². The fourth-order valence-electron chi connectivity index (χ4n) is 5.76. The molecular formula is C33H29Cl2F4N6O3S2-. The second-order valence-electron chi connectivity index (χ2n) is 11.7. The Morgan fingerprint density at radius 1 is 1.06 bits per heavy atom. The van der Waals surface area contributed by atoms with E-state index in [1.807, 2.05) is 0 Å². The van der Waals surface area contributed by atoms with E-state index in [0.29, 0.717) is 44.8 Å². The third-order valence-corrected chi connectivity index (χ3v) is 10.5. The topological polar surface area (TPSA) is 96.8 Å². The van der Waals surface area contributed by atoms with E-state index in [4.69, 9.17) is 28.3 Å². The van der Waals surface area contributed by atoms with Gasteiger partial charge in [-0.1, -0.05) is 41.5 Å². The van der Waals surface area contributed by atoms with Gasteiger partial charge in [0.1, 0.15) is 6.17 Å². The van der Waals surface area contributed by atoms with Crippen molar-refractivity contribution in [1.82, 2.24) is 29.6 Å². The Morgan fingerprint density at radius 2 is 1.80 bits per heavy atom. The monoisotopic (exact) mass is 767 g/mol. The molecular weight excluding hydrogens is 739 g/mol. The summed E-state index contributed by atoms with van der Waals surface area (Å²) >= 11 is 11.2. The molecule has 2 aromatic heterocycles. The van der Waals surface area contributed by atoms with Gasteiger partial charge >= 0.3 is 6.18 Å². The molecule has 0 radical (unpaired) electrons. The summed E-state index contributed by atoms with van der Waals surface area (Å²) in [5.74, 6) is 5.28. The van der Waals surface area contributed by atoms with Gasteiger partial charge in [-0.15, -0.1) is 11.3 Å². The minimum atomic E-state index is -4.47. The largest absolute Gasteiger partial charge is 0.759 e. The van der Waals surface area contributed by atoms with Gasteiger partial charge < -0.3 is 4.55 Å². The van der Waals surface area contributed by atoms with E-state index in [9.17, 15) is 31.1 Å². The van der Waals surface area contributed by atoms with Gasteiger partial charge in [-0.25, -0.2) is 19.1 Å². The van der Waals surface area contributed by atoms with Gasteiger partial charge in [0.2, 0.25) is 0 Å². The molecule has 264 valence electrons. The number of aromatic nitrogens is 2. The zero-order chi connectivity index (χ0) is 35.6. The molecule has 0 spiro atoms. The highest BCUT2D eigenvalue weighted by Crippen LogP contribution is 2.38. The number of halogens is 6. The number of nitrogens with zero attached hydrogens (tertiary/aromatic N) is 5. The maximum absolute atomic E-state index is 14.3. The number of amides is 1. The molecule has 0 bridgehead atoms. The van der Waals surface area contributed by atoms with E-state index in [0.717, 1.165) is 35.8 Å². The molecule has 9 nitrogen and oxygen atoms in total. The molecule has 4 aromatic rings. The fraction of sp³-hybridized carbons (Fsp3) is 0.333. The lowest BCUT2D eigenvalue weighted by Crippen LogP contribution is -2.46. The van der Waals surface area contributed by atoms with Crippen LogP contribution in [0.5, 0.6) is 0 Å². The van der Waals surface area contributed by atoms with Crippen LogP contribution in [0.3, 0.4) is 0 Å². The van der Waals surface area contributed by atoms with Crippen molar-refractivity contribution >= 4 is 51.7 Å². The van der Waals surface area contributed by atoms with E-state index in [2.05, 4.69) is 17.3 Å². The molecule has 1 N–H and O–H groups in total. The zero-order valence-corrected chi connectivity index (χ0v) is 29.3. The number of carbonyl (C=O) groups excluding carboxylic acids is 1. The van der Waals surface area contributed by atoms with Crippen LogP contribution in [0.15, 0.2) is 54.6 Å². The van der Waals surface area contributed by atoms with Crippen LogP contribution in [0.1, 0.15) is 57.7 Å². The van der Waals surface area contributed by atoms with Gasteiger partial charge in [-0.3, -0.25) is 14.4 Å². The van der Waals surface area contributed by atoms with Crippen molar-refractivity contribution < 1.29 is 31.1 Å². The van der Waals surface area contributed by atoms with Gasteiger partial charge in [0, 0.05) is 53.6 Å². The number of piperidine rings is 1. The molecule has 1 amide bonds. The minimum absolute atomic E-state index is 0.0613. The standard InChI is InChI=1S/C33H30Cl2F4N6O3S2/c34-23-9-12-28(27(35)18-23)45-31(29-13-11-25(49-29)10-6-21-4-7-22(8-5-21)33(37,38)39)26(20-44(50(47)48)43-17-14-24(36)19-43)30(40-45)32(46)41-42-15-2-1-3-16-42/h4-5,7-9,11-13,18,24H,1-3,14-17,19-20H2,(H,41,46)(H,47,48)/p-1/t24-/m0/s1. The van der Waals surface area contributed by atoms with Crippen LogP contribution in [0, 0.1) is 11.8 Å². The van der Waals surface area contributed by atoms with Gasteiger partial charge in [0.05, 0.1) is 38.3 Å². The second-order valence-corrected chi connectivity index (χ2v) is 14.5. The third kappa shape index (κ3) is 8.41. The Kier molecular flexibility index (Phi) is 11.3. The lowest BCUT2D eigenvalue weighted by atomic mass is 10.1. The first kappa shape index (κ1) is 36.5. The number of hydrazine groups is 2. The first-order valence-corrected chi connectivity index (χ1v) is 18.2. The molecule has 4 heterocycles. The SMILES string of the molecule is O=C(NN1CCCCC1)c1nn(-c2ccc(Cl)cc2Cl)c(-c2ccc(C#Cc3ccc(C(F)(F)F)cc3)s2)c1CN(N1CC[C@H](F)C1)S(=O)[O-]. The van der Waals surface area contributed by atoms with E-state index >= 15 is 0 Å². The molecule has 50 heavy (non-hydrogen) atoms. The average Bonchev–Trinajstić information content (AvgIpc) is 3.81. The molecule has 2 fully saturated rings. The number of hydrogen-bond donors (Lipinski definition) is 1. The maximum Gasteiger partial charge on any atom is 0.416 e. The summed E-state index contributed by atoms with van der Waals surface area (Å²) < 4.78 is 81.0. The number of carbonyl (C=O) groups is 1. The highest BCUT2D eigenvalue weighted by atomic mass is 35.5. The Hall–Kier alpha value is -3.33. The molecule has 6 rings (SSSR count). The van der Waals surface area contributed by atoms with Gasteiger partial charge in [0.15, 0.2) is 5.69 Å². The number of thiophene rings is 1. The summed E-state index contributed by atoms with van der Waals surface area (Å²) in [6, 6.07) is 12.6. The van der Waals surface area contributed by atoms with Crippen LogP contribution in [-0.4, -0.2) is 71.2 Å². The molecule has 0 saturated carbocycles. The predicted molar refractivity (Wildman–Crippen MR) is 183 cm³/mol. The first-order chi connectivity index (χ1) is 23.9. The third-order valence-electron chi connectivity index (χ3n) is 8.22. The normalized spacial score (nSPS) is 17.9. The number of rotatable bonds is 8. The Labute approximate surface area is 302 Å². The van der Waals surface area contributed by atoms with Crippen molar-refractivity contribution in [2.45, 2.75) is 44.6 Å². The van der Waals surface area contributed by atoms with Crippen LogP contribution in [-0.2, 0) is 24.0 Å². The highest BCUT2D eigenvalue weighted by molar-refractivity contribution is 7.76. The van der Waals surface area contributed by atoms with Crippen LogP contribution in [0.25, 0.3) is 16.3 Å². The summed E-state index contributed by atoms with van der Waals surface area (Å²) in [7, 11) is 0. The van der Waals surface area contributed by atoms with E-state index in [1.165, 1.54) is 39.2 Å².